The van der Waals surface area contributed by atoms with Gasteiger partial charge in [-0.2, -0.15) is 0 Å². The lowest BCUT2D eigenvalue weighted by Gasteiger charge is -2.08. The van der Waals surface area contributed by atoms with E-state index in [9.17, 15) is 9.59 Å². The number of carbonyl (C=O) groups is 2. The highest BCUT2D eigenvalue weighted by Gasteiger charge is 2.12. The summed E-state index contributed by atoms with van der Waals surface area (Å²) in [5, 5.41) is 10.9. The van der Waals surface area contributed by atoms with E-state index in [1.54, 1.807) is 29.8 Å². The van der Waals surface area contributed by atoms with Crippen LogP contribution in [0.15, 0.2) is 47.6 Å². The first kappa shape index (κ1) is 13.3. The Bertz CT molecular complexity index is 710. The quantitative estimate of drug-likeness (QED) is 0.804. The first-order valence-electron chi connectivity index (χ1n) is 6.27. The minimum absolute atomic E-state index is 0.116. The molecule has 7 heteroatoms. The number of nitrogens with one attached hydrogen (secondary N) is 3. The van der Waals surface area contributed by atoms with E-state index in [2.05, 4.69) is 20.9 Å². The van der Waals surface area contributed by atoms with Gasteiger partial charge in [0.25, 0.3) is 5.91 Å². The Morgan fingerprint density at radius 3 is 3.00 bits per heavy atom. The minimum Gasteiger partial charge on any atom is -0.357 e. The van der Waals surface area contributed by atoms with E-state index in [1.807, 2.05) is 6.07 Å². The third-order valence-electron chi connectivity index (χ3n) is 2.84. The van der Waals surface area contributed by atoms with Gasteiger partial charge in [-0.3, -0.25) is 14.9 Å². The Morgan fingerprint density at radius 1 is 1.38 bits per heavy atom. The molecule has 1 aliphatic heterocycles. The highest BCUT2D eigenvalue weighted by molar-refractivity contribution is 7.13. The van der Waals surface area contributed by atoms with Gasteiger partial charge >= 0.3 is 0 Å². The molecule has 0 spiro atoms. The molecule has 0 unspecified atom stereocenters. The van der Waals surface area contributed by atoms with Crippen molar-refractivity contribution < 1.29 is 9.59 Å². The Hall–Kier alpha value is -2.67. The van der Waals surface area contributed by atoms with Crippen LogP contribution >= 0.6 is 11.3 Å². The number of aromatic nitrogens is 1. The number of thiazole rings is 1. The molecule has 2 aromatic rings. The average Bonchev–Trinajstić information content (AvgIpc) is 3.11. The Morgan fingerprint density at radius 2 is 2.29 bits per heavy atom. The van der Waals surface area contributed by atoms with Crippen molar-refractivity contribution in [1.29, 1.82) is 0 Å². The van der Waals surface area contributed by atoms with E-state index < -0.39 is 0 Å². The third kappa shape index (κ3) is 3.26. The first-order chi connectivity index (χ1) is 10.2. The fraction of sp³-hybridized carbons (Fsp3) is 0.0714. The summed E-state index contributed by atoms with van der Waals surface area (Å²) in [4.78, 5) is 27.2. The number of amides is 2. The molecule has 6 nitrogen and oxygen atoms in total. The monoisotopic (exact) mass is 300 g/mol. The second-order valence-corrected chi connectivity index (χ2v) is 5.28. The number of benzene rings is 1. The molecule has 0 radical (unpaired) electrons. The zero-order valence-corrected chi connectivity index (χ0v) is 11.7. The maximum atomic E-state index is 12.1. The van der Waals surface area contributed by atoms with Crippen LogP contribution in [0.3, 0.4) is 0 Å². The van der Waals surface area contributed by atoms with Gasteiger partial charge in [0.1, 0.15) is 0 Å². The standard InChI is InChI=1S/C14H12N4O2S/c19-12-7-11(8-16-12)17-10-3-1-2-9(6-10)13(20)18-14-15-4-5-21-14/h1-7,17H,8H2,(H,16,19)(H,15,18,20). The molecule has 0 atom stereocenters. The van der Waals surface area contributed by atoms with Crippen LogP contribution in [0.25, 0.3) is 0 Å². The van der Waals surface area contributed by atoms with Gasteiger partial charge < -0.3 is 10.6 Å². The van der Waals surface area contributed by atoms with Crippen molar-refractivity contribution >= 4 is 34.0 Å². The van der Waals surface area contributed by atoms with Gasteiger partial charge in [-0.25, -0.2) is 4.98 Å². The molecule has 1 aliphatic rings. The molecule has 1 aromatic carbocycles. The number of hydrogen-bond acceptors (Lipinski definition) is 5. The highest BCUT2D eigenvalue weighted by atomic mass is 32.1. The van der Waals surface area contributed by atoms with Crippen molar-refractivity contribution in [3.63, 3.8) is 0 Å². The topological polar surface area (TPSA) is 83.1 Å². The van der Waals surface area contributed by atoms with Gasteiger partial charge in [0.2, 0.25) is 5.91 Å². The zero-order valence-electron chi connectivity index (χ0n) is 10.9. The maximum absolute atomic E-state index is 12.1. The molecular formula is C14H12N4O2S. The Labute approximate surface area is 124 Å². The van der Waals surface area contributed by atoms with Crippen molar-refractivity contribution in [2.45, 2.75) is 0 Å². The predicted molar refractivity (Wildman–Crippen MR) is 81.2 cm³/mol. The van der Waals surface area contributed by atoms with Gasteiger partial charge in [-0.15, -0.1) is 11.3 Å². The third-order valence-corrected chi connectivity index (χ3v) is 3.53. The maximum Gasteiger partial charge on any atom is 0.257 e. The molecule has 21 heavy (non-hydrogen) atoms. The normalized spacial score (nSPS) is 13.5. The fourth-order valence-electron chi connectivity index (χ4n) is 1.90. The van der Waals surface area contributed by atoms with Gasteiger partial charge in [0.05, 0.1) is 6.54 Å². The summed E-state index contributed by atoms with van der Waals surface area (Å²) in [5.41, 5.74) is 2.05. The largest absolute Gasteiger partial charge is 0.357 e. The summed E-state index contributed by atoms with van der Waals surface area (Å²) in [6, 6.07) is 7.07. The van der Waals surface area contributed by atoms with Gasteiger partial charge in [0, 0.05) is 34.6 Å². The molecule has 0 saturated heterocycles. The summed E-state index contributed by atoms with van der Waals surface area (Å²) >= 11 is 1.36. The van der Waals surface area contributed by atoms with Crippen LogP contribution in [0.1, 0.15) is 10.4 Å². The van der Waals surface area contributed by atoms with Gasteiger partial charge in [-0.05, 0) is 18.2 Å². The first-order valence-corrected chi connectivity index (χ1v) is 7.15. The lowest BCUT2D eigenvalue weighted by atomic mass is 10.2. The van der Waals surface area contributed by atoms with Gasteiger partial charge in [0.15, 0.2) is 5.13 Å². The molecule has 2 amide bonds. The van der Waals surface area contributed by atoms with Crippen LogP contribution in [-0.4, -0.2) is 23.3 Å². The number of hydrogen-bond donors (Lipinski definition) is 3. The summed E-state index contributed by atoms with van der Waals surface area (Å²) in [5.74, 6) is -0.335. The number of anilines is 2. The number of nitrogens with zero attached hydrogens (tertiary/aromatic N) is 1. The smallest absolute Gasteiger partial charge is 0.257 e. The van der Waals surface area contributed by atoms with Crippen molar-refractivity contribution in [3.8, 4) is 0 Å². The van der Waals surface area contributed by atoms with Crippen LogP contribution in [0, 0.1) is 0 Å². The van der Waals surface area contributed by atoms with E-state index >= 15 is 0 Å². The van der Waals surface area contributed by atoms with Crippen LogP contribution in [0.5, 0.6) is 0 Å². The number of rotatable bonds is 4. The van der Waals surface area contributed by atoms with Crippen LogP contribution < -0.4 is 16.0 Å². The van der Waals surface area contributed by atoms with E-state index in [4.69, 9.17) is 0 Å². The van der Waals surface area contributed by atoms with E-state index in [0.717, 1.165) is 11.4 Å². The molecular weight excluding hydrogens is 288 g/mol. The van der Waals surface area contributed by atoms with Crippen LogP contribution in [0.4, 0.5) is 10.8 Å². The van der Waals surface area contributed by atoms with Crippen molar-refractivity contribution in [1.82, 2.24) is 10.3 Å². The lowest BCUT2D eigenvalue weighted by molar-refractivity contribution is -0.115. The average molecular weight is 300 g/mol. The summed E-state index contributed by atoms with van der Waals surface area (Å²) in [7, 11) is 0. The molecule has 3 N–H and O–H groups in total. The van der Waals surface area contributed by atoms with E-state index in [1.165, 1.54) is 17.4 Å². The molecule has 2 heterocycles. The van der Waals surface area contributed by atoms with Gasteiger partial charge in [-0.1, -0.05) is 6.07 Å². The van der Waals surface area contributed by atoms with E-state index in [-0.39, 0.29) is 11.8 Å². The van der Waals surface area contributed by atoms with Crippen LogP contribution in [0.2, 0.25) is 0 Å². The predicted octanol–water partition coefficient (Wildman–Crippen LogP) is 1.82. The Kier molecular flexibility index (Phi) is 3.65. The Balaban J connectivity index is 1.72. The van der Waals surface area contributed by atoms with Crippen LogP contribution in [-0.2, 0) is 4.79 Å². The second-order valence-electron chi connectivity index (χ2n) is 4.38. The molecule has 0 fully saturated rings. The molecule has 0 aliphatic carbocycles. The molecule has 0 bridgehead atoms. The second kappa shape index (κ2) is 5.76. The molecule has 0 saturated carbocycles. The SMILES string of the molecule is O=C1C=C(Nc2cccc(C(=O)Nc3nccs3)c2)CN1. The van der Waals surface area contributed by atoms with Crippen molar-refractivity contribution in [3.05, 3.63) is 53.2 Å². The van der Waals surface area contributed by atoms with Crippen molar-refractivity contribution in [2.75, 3.05) is 17.2 Å². The number of carbonyl (C=O) groups excluding carboxylic acids is 2. The summed E-state index contributed by atoms with van der Waals surface area (Å²) in [6.45, 7) is 0.467. The minimum atomic E-state index is -0.219. The highest BCUT2D eigenvalue weighted by Crippen LogP contribution is 2.16. The summed E-state index contributed by atoms with van der Waals surface area (Å²) in [6.07, 6.45) is 3.14. The fourth-order valence-corrected chi connectivity index (χ4v) is 2.42. The molecule has 1 aromatic heterocycles. The zero-order chi connectivity index (χ0) is 14.7. The molecule has 106 valence electrons. The molecule has 3 rings (SSSR count). The lowest BCUT2D eigenvalue weighted by Crippen LogP contribution is -2.16. The van der Waals surface area contributed by atoms with Crippen molar-refractivity contribution in [2.24, 2.45) is 0 Å². The van der Waals surface area contributed by atoms with E-state index in [0.29, 0.717) is 17.2 Å². The summed E-state index contributed by atoms with van der Waals surface area (Å²) < 4.78 is 0.